The van der Waals surface area contributed by atoms with Crippen LogP contribution in [0.3, 0.4) is 0 Å². The molecule has 1 aromatic carbocycles. The fourth-order valence-electron chi connectivity index (χ4n) is 1.67. The van der Waals surface area contributed by atoms with E-state index in [2.05, 4.69) is 19.9 Å². The average molecular weight is 315 g/mol. The molecule has 20 heavy (non-hydrogen) atoms. The van der Waals surface area contributed by atoms with Crippen LogP contribution >= 0.6 is 11.6 Å². The Morgan fingerprint density at radius 2 is 2.20 bits per heavy atom. The van der Waals surface area contributed by atoms with Crippen LogP contribution in [0.15, 0.2) is 24.3 Å². The molecule has 6 nitrogen and oxygen atoms in total. The lowest BCUT2D eigenvalue weighted by Crippen LogP contribution is -2.16. The van der Waals surface area contributed by atoms with Crippen molar-refractivity contribution in [3.63, 3.8) is 0 Å². The fraction of sp³-hybridized carbons (Fsp3) is 0.333. The molecule has 0 unspecified atom stereocenters. The van der Waals surface area contributed by atoms with Crippen molar-refractivity contribution in [2.45, 2.75) is 13.3 Å². The molecule has 2 rings (SSSR count). The maximum Gasteiger partial charge on any atom is 0.232 e. The Kier molecular flexibility index (Phi) is 4.61. The number of aromatic nitrogens is 3. The number of nitrogens with zero attached hydrogens (tertiary/aromatic N) is 2. The Morgan fingerprint density at radius 1 is 1.40 bits per heavy atom. The van der Waals surface area contributed by atoms with Crippen molar-refractivity contribution in [1.29, 1.82) is 0 Å². The number of halogens is 1. The van der Waals surface area contributed by atoms with E-state index >= 15 is 0 Å². The van der Waals surface area contributed by atoms with Gasteiger partial charge in [-0.2, -0.15) is 5.10 Å². The van der Waals surface area contributed by atoms with Gasteiger partial charge in [0.25, 0.3) is 0 Å². The Morgan fingerprint density at radius 3 is 2.85 bits per heavy atom. The first kappa shape index (κ1) is 14.8. The summed E-state index contributed by atoms with van der Waals surface area (Å²) < 4.78 is 26.1. The molecule has 0 radical (unpaired) electrons. The van der Waals surface area contributed by atoms with Gasteiger partial charge in [0.05, 0.1) is 5.75 Å². The molecule has 0 aliphatic rings. The Bertz CT molecular complexity index is 684. The number of aryl methyl sites for hydroxylation is 1. The molecule has 2 N–H and O–H groups in total. The highest BCUT2D eigenvalue weighted by Crippen LogP contribution is 2.20. The minimum absolute atomic E-state index is 0.000487. The summed E-state index contributed by atoms with van der Waals surface area (Å²) in [6.07, 6.45) is 0.413. The van der Waals surface area contributed by atoms with E-state index in [4.69, 9.17) is 11.6 Å². The predicted octanol–water partition coefficient (Wildman–Crippen LogP) is 2.15. The van der Waals surface area contributed by atoms with Crippen molar-refractivity contribution in [3.8, 4) is 11.4 Å². The lowest BCUT2D eigenvalue weighted by atomic mass is 10.2. The van der Waals surface area contributed by atoms with Gasteiger partial charge in [-0.05, 0) is 25.5 Å². The molecule has 0 fully saturated rings. The highest BCUT2D eigenvalue weighted by Gasteiger charge is 2.11. The van der Waals surface area contributed by atoms with Gasteiger partial charge in [-0.3, -0.25) is 9.82 Å². The topological polar surface area (TPSA) is 87.7 Å². The molecule has 2 aromatic rings. The van der Waals surface area contributed by atoms with E-state index in [1.165, 1.54) is 0 Å². The molecule has 8 heteroatoms. The summed E-state index contributed by atoms with van der Waals surface area (Å²) in [5.41, 5.74) is 1.23. The van der Waals surface area contributed by atoms with Crippen LogP contribution in [0.4, 0.5) is 5.69 Å². The van der Waals surface area contributed by atoms with Gasteiger partial charge < -0.3 is 0 Å². The first-order chi connectivity index (χ1) is 9.50. The number of H-pyrrole nitrogens is 1. The third-order valence-electron chi connectivity index (χ3n) is 2.54. The molecular weight excluding hydrogens is 300 g/mol. The second kappa shape index (κ2) is 6.23. The van der Waals surface area contributed by atoms with E-state index < -0.39 is 10.0 Å². The molecule has 0 aliphatic carbocycles. The van der Waals surface area contributed by atoms with E-state index in [1.807, 2.05) is 6.07 Å². The van der Waals surface area contributed by atoms with E-state index in [9.17, 15) is 8.42 Å². The van der Waals surface area contributed by atoms with Crippen LogP contribution in [-0.4, -0.2) is 35.2 Å². The largest absolute Gasteiger partial charge is 0.284 e. The first-order valence-corrected chi connectivity index (χ1v) is 8.25. The van der Waals surface area contributed by atoms with Gasteiger partial charge in [0, 0.05) is 17.1 Å². The number of hydrogen-bond donors (Lipinski definition) is 2. The summed E-state index contributed by atoms with van der Waals surface area (Å²) in [6.45, 7) is 1.80. The summed E-state index contributed by atoms with van der Waals surface area (Å²) in [5, 5.41) is 6.79. The number of anilines is 1. The van der Waals surface area contributed by atoms with E-state index in [0.29, 0.717) is 29.6 Å². The van der Waals surface area contributed by atoms with Crippen LogP contribution in [0.25, 0.3) is 11.4 Å². The molecule has 0 spiro atoms. The highest BCUT2D eigenvalue weighted by atomic mass is 35.5. The molecule has 0 amide bonds. The van der Waals surface area contributed by atoms with Crippen molar-refractivity contribution in [2.75, 3.05) is 16.4 Å². The van der Waals surface area contributed by atoms with Gasteiger partial charge in [0.2, 0.25) is 10.0 Å². The Hall–Kier alpha value is -1.60. The Labute approximate surface area is 122 Å². The minimum Gasteiger partial charge on any atom is -0.284 e. The SMILES string of the molecule is Cc1nc(-c2cccc(NS(=O)(=O)CCCCl)c2)n[nH]1. The molecule has 1 aromatic heterocycles. The molecular formula is C12H15ClN4O2S. The van der Waals surface area contributed by atoms with Gasteiger partial charge in [-0.25, -0.2) is 13.4 Å². The van der Waals surface area contributed by atoms with Crippen LogP contribution in [-0.2, 0) is 10.0 Å². The number of sulfonamides is 1. The van der Waals surface area contributed by atoms with Crippen molar-refractivity contribution in [3.05, 3.63) is 30.1 Å². The fourth-order valence-corrected chi connectivity index (χ4v) is 3.07. The van der Waals surface area contributed by atoms with Crippen LogP contribution in [0.2, 0.25) is 0 Å². The number of benzene rings is 1. The molecule has 0 bridgehead atoms. The first-order valence-electron chi connectivity index (χ1n) is 6.06. The molecule has 0 atom stereocenters. The minimum atomic E-state index is -3.37. The summed E-state index contributed by atoms with van der Waals surface area (Å²) in [7, 11) is -3.37. The van der Waals surface area contributed by atoms with Crippen molar-refractivity contribution in [2.24, 2.45) is 0 Å². The number of nitrogens with one attached hydrogen (secondary N) is 2. The summed E-state index contributed by atoms with van der Waals surface area (Å²) in [5.74, 6) is 1.55. The smallest absolute Gasteiger partial charge is 0.232 e. The second-order valence-electron chi connectivity index (χ2n) is 4.29. The summed E-state index contributed by atoms with van der Waals surface area (Å²) in [6, 6.07) is 6.95. The highest BCUT2D eigenvalue weighted by molar-refractivity contribution is 7.92. The van der Waals surface area contributed by atoms with Crippen LogP contribution in [0, 0.1) is 6.92 Å². The molecule has 0 saturated carbocycles. The average Bonchev–Trinajstić information content (AvgIpc) is 2.83. The van der Waals surface area contributed by atoms with Crippen LogP contribution < -0.4 is 4.72 Å². The quantitative estimate of drug-likeness (QED) is 0.800. The number of alkyl halides is 1. The molecule has 108 valence electrons. The standard InChI is InChI=1S/C12H15ClN4O2S/c1-9-14-12(16-15-9)10-4-2-5-11(8-10)17-20(18,19)7-3-6-13/h2,4-5,8,17H,3,6-7H2,1H3,(H,14,15,16). The summed E-state index contributed by atoms with van der Waals surface area (Å²) >= 11 is 5.51. The number of hydrogen-bond acceptors (Lipinski definition) is 4. The molecule has 0 aliphatic heterocycles. The van der Waals surface area contributed by atoms with E-state index in [0.717, 1.165) is 5.56 Å². The lowest BCUT2D eigenvalue weighted by molar-refractivity contribution is 0.600. The van der Waals surface area contributed by atoms with Gasteiger partial charge in [-0.15, -0.1) is 11.6 Å². The zero-order valence-electron chi connectivity index (χ0n) is 10.9. The predicted molar refractivity (Wildman–Crippen MR) is 79.3 cm³/mol. The molecule has 0 saturated heterocycles. The Balaban J connectivity index is 2.18. The van der Waals surface area contributed by atoms with Crippen molar-refractivity contribution >= 4 is 27.3 Å². The summed E-state index contributed by atoms with van der Waals surface area (Å²) in [4.78, 5) is 4.21. The van der Waals surface area contributed by atoms with Crippen molar-refractivity contribution in [1.82, 2.24) is 15.2 Å². The van der Waals surface area contributed by atoms with Gasteiger partial charge in [0.1, 0.15) is 5.82 Å². The maximum atomic E-state index is 11.8. The van der Waals surface area contributed by atoms with Gasteiger partial charge >= 0.3 is 0 Å². The maximum absolute atomic E-state index is 11.8. The zero-order valence-corrected chi connectivity index (χ0v) is 12.5. The molecule has 1 heterocycles. The van der Waals surface area contributed by atoms with E-state index in [1.54, 1.807) is 25.1 Å². The monoisotopic (exact) mass is 314 g/mol. The van der Waals surface area contributed by atoms with Gasteiger partial charge in [-0.1, -0.05) is 12.1 Å². The van der Waals surface area contributed by atoms with Crippen LogP contribution in [0.1, 0.15) is 12.2 Å². The van der Waals surface area contributed by atoms with Gasteiger partial charge in [0.15, 0.2) is 5.82 Å². The van der Waals surface area contributed by atoms with Crippen molar-refractivity contribution < 1.29 is 8.42 Å². The second-order valence-corrected chi connectivity index (χ2v) is 6.51. The third-order valence-corrected chi connectivity index (χ3v) is 4.18. The zero-order chi connectivity index (χ0) is 14.6. The normalized spacial score (nSPS) is 11.5. The lowest BCUT2D eigenvalue weighted by Gasteiger charge is -2.08. The number of rotatable bonds is 6. The van der Waals surface area contributed by atoms with Crippen LogP contribution in [0.5, 0.6) is 0 Å². The van der Waals surface area contributed by atoms with E-state index in [-0.39, 0.29) is 5.75 Å². The third kappa shape index (κ3) is 3.94. The number of aromatic amines is 1.